The van der Waals surface area contributed by atoms with E-state index in [1.54, 1.807) is 19.4 Å². The summed E-state index contributed by atoms with van der Waals surface area (Å²) in [6.45, 7) is 23.8. The van der Waals surface area contributed by atoms with Crippen LogP contribution in [-0.4, -0.2) is 154 Å². The molecular weight excluding hydrogens is 1250 g/mol. The maximum Gasteiger partial charge on any atom is 0.355 e. The lowest BCUT2D eigenvalue weighted by molar-refractivity contribution is 0.0154. The molecule has 3 atom stereocenters. The van der Waals surface area contributed by atoms with E-state index in [2.05, 4.69) is 57.5 Å². The molecule has 0 bridgehead atoms. The molecule has 3 spiro atoms. The zero-order valence-electron chi connectivity index (χ0n) is 54.6. The number of nitrogens with zero attached hydrogens (tertiary/aromatic N) is 9. The van der Waals surface area contributed by atoms with E-state index in [-0.39, 0.29) is 51.1 Å². The van der Waals surface area contributed by atoms with Crippen molar-refractivity contribution >= 4 is 69.8 Å². The molecule has 3 fully saturated rings. The summed E-state index contributed by atoms with van der Waals surface area (Å²) in [6, 6.07) is 0. The van der Waals surface area contributed by atoms with E-state index in [0.29, 0.717) is 205 Å². The molecule has 3 saturated heterocycles. The predicted octanol–water partition coefficient (Wildman–Crippen LogP) is 9.25. The number of carboxylic acids is 3. The third-order valence-corrected chi connectivity index (χ3v) is 24.6. The molecule has 0 saturated carbocycles. The van der Waals surface area contributed by atoms with Gasteiger partial charge in [-0.1, -0.05) is 41.5 Å². The highest BCUT2D eigenvalue weighted by Gasteiger charge is 2.60. The predicted molar refractivity (Wildman–Crippen MR) is 346 cm³/mol. The van der Waals surface area contributed by atoms with Gasteiger partial charge < -0.3 is 45.5 Å². The topological polar surface area (TPSA) is 319 Å². The summed E-state index contributed by atoms with van der Waals surface area (Å²) in [5.74, 6) is -5.95. The maximum absolute atomic E-state index is 15.1. The molecule has 6 aromatic rings. The number of amides is 3. The van der Waals surface area contributed by atoms with Crippen LogP contribution in [0.4, 0.5) is 0 Å². The van der Waals surface area contributed by atoms with Crippen LogP contribution in [0.2, 0.25) is 0 Å². The molecule has 6 aliphatic rings. The minimum Gasteiger partial charge on any atom is -0.478 e. The van der Waals surface area contributed by atoms with Gasteiger partial charge in [-0.15, -0.1) is 22.7 Å². The van der Waals surface area contributed by atoms with Gasteiger partial charge in [0, 0.05) is 106 Å². The van der Waals surface area contributed by atoms with Crippen LogP contribution in [-0.2, 0) is 58.5 Å². The number of aromatic carboxylic acids is 3. The van der Waals surface area contributed by atoms with Crippen LogP contribution < -0.4 is 16.0 Å². The van der Waals surface area contributed by atoms with Crippen molar-refractivity contribution < 1.29 is 58.3 Å². The summed E-state index contributed by atoms with van der Waals surface area (Å²) in [7, 11) is 0. The molecule has 0 radical (unpaired) electrons. The lowest BCUT2D eigenvalue weighted by Gasteiger charge is -2.51. The number of carbonyl (C=O) groups is 6. The normalized spacial score (nSPS) is 20.3. The fourth-order valence-electron chi connectivity index (χ4n) is 16.4. The van der Waals surface area contributed by atoms with Crippen molar-refractivity contribution in [3.8, 4) is 0 Å². The Kier molecular flexibility index (Phi) is 17.9. The van der Waals surface area contributed by atoms with Gasteiger partial charge in [0.1, 0.15) is 32.0 Å². The number of rotatable bonds is 20. The molecule has 12 heterocycles. The SMILES string of the molecule is CCn1nc(C(c2nc(C(=O)O)cs2)C(C)(C)CC(c2ncc(C(=O)O)s2)(c2nn(CC)c3c2CC2(CCOCC2)CNC3=O)C(C)(C)CCC(C)(C)C(c2nscc2C(=O)O)c2nn(CC)c3c2CC2(CCOCC2)CNC3=O)c2c1C(=O)NCC1(CCOCC1)C2. The summed E-state index contributed by atoms with van der Waals surface area (Å²) >= 11 is 3.31. The van der Waals surface area contributed by atoms with Crippen LogP contribution in [0.15, 0.2) is 17.0 Å². The summed E-state index contributed by atoms with van der Waals surface area (Å²) in [4.78, 5) is 94.6. The first kappa shape index (κ1) is 66.2. The first-order chi connectivity index (χ1) is 44.3. The third kappa shape index (κ3) is 11.7. The molecular formula is C66H86N12O12S3. The zero-order valence-corrected chi connectivity index (χ0v) is 57.1. The van der Waals surface area contributed by atoms with E-state index in [9.17, 15) is 39.3 Å². The van der Waals surface area contributed by atoms with E-state index in [4.69, 9.17) is 43.8 Å². The van der Waals surface area contributed by atoms with Crippen LogP contribution in [0, 0.1) is 32.5 Å². The number of hydrogen-bond acceptors (Lipinski definition) is 18. The van der Waals surface area contributed by atoms with Gasteiger partial charge in [0.25, 0.3) is 17.7 Å². The van der Waals surface area contributed by atoms with Crippen molar-refractivity contribution in [1.29, 1.82) is 0 Å². The fraction of sp³-hybridized carbons (Fsp3) is 0.636. The number of aryl methyl sites for hydroxylation is 3. The van der Waals surface area contributed by atoms with Crippen molar-refractivity contribution in [2.45, 2.75) is 176 Å². The van der Waals surface area contributed by atoms with Gasteiger partial charge in [-0.05, 0) is 142 Å². The van der Waals surface area contributed by atoms with Crippen LogP contribution in [0.3, 0.4) is 0 Å². The number of fused-ring (bicyclic) bond motifs is 3. The molecule has 500 valence electrons. The second-order valence-corrected chi connectivity index (χ2v) is 31.5. The Morgan fingerprint density at radius 2 is 1.08 bits per heavy atom. The van der Waals surface area contributed by atoms with Gasteiger partial charge in [-0.2, -0.15) is 19.7 Å². The molecule has 27 heteroatoms. The molecule has 24 nitrogen and oxygen atoms in total. The van der Waals surface area contributed by atoms with Gasteiger partial charge in [-0.3, -0.25) is 28.4 Å². The molecule has 6 aliphatic heterocycles. The molecule has 93 heavy (non-hydrogen) atoms. The molecule has 3 unspecified atom stereocenters. The standard InChI is InChI=1S/C66H86N12O12S3/c1-10-76-48-37(27-63(34-68-52(48)79)15-21-88-22-16-63)45(72-76)43(47-40(56(82)83)31-92-75-47)60(4,5)13-14-62(8,9)66(59-67-30-42(93-59)58(86)87,51-39-29-65(19-25-90-26-20-65)36-70-54(81)50(39)78(12-3)74-51)33-61(6,7)44(55-71-41(32-91-55)57(84)85)46-38-28-64(17-23-89-24-18-64)35-69-53(80)49(38)77(11-2)73-46/h30-32,43-44H,10-29,33-36H2,1-9H3,(H,68,79)(H,69,80)(H,70,81)(H,82,83)(H,84,85)(H,86,87). The lowest BCUT2D eigenvalue weighted by Crippen LogP contribution is -2.49. The minimum absolute atomic E-state index is 0.0198. The second-order valence-electron chi connectivity index (χ2n) is 28.9. The Morgan fingerprint density at radius 1 is 0.602 bits per heavy atom. The number of thiazole rings is 2. The van der Waals surface area contributed by atoms with Crippen molar-refractivity contribution in [3.05, 3.63) is 99.7 Å². The van der Waals surface area contributed by atoms with Crippen molar-refractivity contribution in [2.24, 2.45) is 32.5 Å². The molecule has 3 amide bonds. The summed E-state index contributed by atoms with van der Waals surface area (Å²) in [5.41, 5.74) is -0.373. The zero-order chi connectivity index (χ0) is 66.2. The van der Waals surface area contributed by atoms with Crippen molar-refractivity contribution in [1.82, 2.24) is 59.6 Å². The Morgan fingerprint density at radius 3 is 1.53 bits per heavy atom. The molecule has 6 aromatic heterocycles. The van der Waals surface area contributed by atoms with Gasteiger partial charge in [0.2, 0.25) is 0 Å². The lowest BCUT2D eigenvalue weighted by atomic mass is 9.52. The van der Waals surface area contributed by atoms with E-state index >= 15 is 4.79 Å². The molecule has 6 N–H and O–H groups in total. The van der Waals surface area contributed by atoms with Gasteiger partial charge in [-0.25, -0.2) is 24.4 Å². The summed E-state index contributed by atoms with van der Waals surface area (Å²) < 4.78 is 28.0. The largest absolute Gasteiger partial charge is 0.478 e. The average molecular weight is 1340 g/mol. The number of aromatic nitrogens is 9. The number of ether oxygens (including phenoxy) is 3. The van der Waals surface area contributed by atoms with Crippen LogP contribution >= 0.6 is 34.2 Å². The van der Waals surface area contributed by atoms with Crippen molar-refractivity contribution in [2.75, 3.05) is 59.3 Å². The van der Waals surface area contributed by atoms with Gasteiger partial charge >= 0.3 is 17.9 Å². The first-order valence-electron chi connectivity index (χ1n) is 32.7. The molecule has 12 rings (SSSR count). The monoisotopic (exact) mass is 1330 g/mol. The van der Waals surface area contributed by atoms with Gasteiger partial charge in [0.05, 0.1) is 51.8 Å². The van der Waals surface area contributed by atoms with E-state index in [1.165, 1.54) is 22.9 Å². The van der Waals surface area contributed by atoms with E-state index < -0.39 is 56.8 Å². The van der Waals surface area contributed by atoms with Crippen molar-refractivity contribution in [3.63, 3.8) is 0 Å². The number of nitrogens with one attached hydrogen (secondary N) is 3. The quantitative estimate of drug-likeness (QED) is 0.0414. The highest BCUT2D eigenvalue weighted by molar-refractivity contribution is 7.13. The summed E-state index contributed by atoms with van der Waals surface area (Å²) in [5, 5.41) is 62.9. The first-order valence-corrected chi connectivity index (χ1v) is 35.2. The minimum atomic E-state index is -1.46. The van der Waals surface area contributed by atoms with E-state index in [1.807, 2.05) is 20.8 Å². The third-order valence-electron chi connectivity index (χ3n) is 21.9. The van der Waals surface area contributed by atoms with Crippen LogP contribution in [0.1, 0.15) is 243 Å². The molecule has 0 aliphatic carbocycles. The molecule has 0 aromatic carbocycles. The highest BCUT2D eigenvalue weighted by Crippen LogP contribution is 2.63. The Labute approximate surface area is 552 Å². The second kappa shape index (κ2) is 25.1. The van der Waals surface area contributed by atoms with Crippen LogP contribution in [0.5, 0.6) is 0 Å². The van der Waals surface area contributed by atoms with Gasteiger partial charge in [0.15, 0.2) is 5.69 Å². The Balaban J connectivity index is 1.10. The fourth-order valence-corrected chi connectivity index (χ4v) is 19.4. The van der Waals surface area contributed by atoms with E-state index in [0.717, 1.165) is 34.0 Å². The number of carboxylic acid groups (broad SMARTS) is 3. The van der Waals surface area contributed by atoms with Crippen LogP contribution in [0.25, 0.3) is 0 Å². The smallest absolute Gasteiger partial charge is 0.355 e. The number of hydrogen-bond donors (Lipinski definition) is 6. The Bertz CT molecular complexity index is 3890. The Hall–Kier alpha value is -6.78. The highest BCUT2D eigenvalue weighted by atomic mass is 32.1. The summed E-state index contributed by atoms with van der Waals surface area (Å²) in [6.07, 6.45) is 7.65. The average Bonchev–Trinajstić information content (AvgIpc) is 0.968. The maximum atomic E-state index is 15.1. The number of carbonyl (C=O) groups excluding carboxylic acids is 3.